The number of anilines is 1. The molecule has 0 radical (unpaired) electrons. The van der Waals surface area contributed by atoms with E-state index >= 15 is 0 Å². The first-order valence-corrected chi connectivity index (χ1v) is 15.9. The zero-order valence-electron chi connectivity index (χ0n) is 23.2. The average Bonchev–Trinajstić information content (AvgIpc) is 3.45. The van der Waals surface area contributed by atoms with Crippen molar-refractivity contribution in [3.05, 3.63) is 100 Å². The van der Waals surface area contributed by atoms with Crippen molar-refractivity contribution < 1.29 is 22.4 Å². The van der Waals surface area contributed by atoms with Crippen LogP contribution in [0.5, 0.6) is 0 Å². The molecule has 0 spiro atoms. The average molecular weight is 600 g/mol. The van der Waals surface area contributed by atoms with Gasteiger partial charge in [-0.25, -0.2) is 12.8 Å². The Morgan fingerprint density at radius 3 is 2.27 bits per heavy atom. The summed E-state index contributed by atoms with van der Waals surface area (Å²) >= 11 is 6.29. The predicted octanol–water partition coefficient (Wildman–Crippen LogP) is 5.25. The number of sulfonamides is 1. The molecule has 2 amide bonds. The summed E-state index contributed by atoms with van der Waals surface area (Å²) in [4.78, 5) is 29.4. The highest BCUT2D eigenvalue weighted by Gasteiger charge is 2.34. The van der Waals surface area contributed by atoms with Crippen LogP contribution in [0.15, 0.2) is 72.8 Å². The minimum absolute atomic E-state index is 0.0131. The van der Waals surface area contributed by atoms with Crippen molar-refractivity contribution in [1.82, 2.24) is 10.2 Å². The third-order valence-electron chi connectivity index (χ3n) is 7.43. The van der Waals surface area contributed by atoms with Crippen LogP contribution in [0.1, 0.15) is 42.4 Å². The normalized spacial score (nSPS) is 14.4. The smallest absolute Gasteiger partial charge is 0.244 e. The zero-order valence-corrected chi connectivity index (χ0v) is 24.8. The van der Waals surface area contributed by atoms with Crippen LogP contribution in [0.3, 0.4) is 0 Å². The van der Waals surface area contributed by atoms with E-state index < -0.39 is 34.3 Å². The lowest BCUT2D eigenvalue weighted by molar-refractivity contribution is -0.140. The summed E-state index contributed by atoms with van der Waals surface area (Å²) in [6.45, 7) is 1.13. The monoisotopic (exact) mass is 599 g/mol. The molecule has 1 saturated carbocycles. The molecule has 0 heterocycles. The molecular formula is C31H35ClFN3O4S. The lowest BCUT2D eigenvalue weighted by Gasteiger charge is -2.34. The van der Waals surface area contributed by atoms with E-state index in [1.807, 2.05) is 30.3 Å². The van der Waals surface area contributed by atoms with E-state index in [-0.39, 0.29) is 30.6 Å². The molecule has 1 aliphatic rings. The van der Waals surface area contributed by atoms with Gasteiger partial charge in [-0.15, -0.1) is 0 Å². The van der Waals surface area contributed by atoms with Crippen molar-refractivity contribution in [3.63, 3.8) is 0 Å². The highest BCUT2D eigenvalue weighted by molar-refractivity contribution is 7.92. The number of hydrogen-bond donors (Lipinski definition) is 1. The minimum Gasteiger partial charge on any atom is -0.352 e. The van der Waals surface area contributed by atoms with Crippen molar-refractivity contribution in [1.29, 1.82) is 0 Å². The molecule has 10 heteroatoms. The number of nitrogens with zero attached hydrogens (tertiary/aromatic N) is 2. The van der Waals surface area contributed by atoms with E-state index in [4.69, 9.17) is 11.6 Å². The maximum Gasteiger partial charge on any atom is 0.244 e. The summed E-state index contributed by atoms with van der Waals surface area (Å²) in [6.07, 6.45) is 5.03. The second-order valence-corrected chi connectivity index (χ2v) is 12.8. The molecule has 1 N–H and O–H groups in total. The Morgan fingerprint density at radius 1 is 0.976 bits per heavy atom. The summed E-state index contributed by atoms with van der Waals surface area (Å²) in [6, 6.07) is 19.0. The van der Waals surface area contributed by atoms with Gasteiger partial charge in [0.15, 0.2) is 0 Å². The quantitative estimate of drug-likeness (QED) is 0.326. The summed E-state index contributed by atoms with van der Waals surface area (Å²) in [5, 5.41) is 3.48. The van der Waals surface area contributed by atoms with E-state index in [0.717, 1.165) is 41.8 Å². The summed E-state index contributed by atoms with van der Waals surface area (Å²) in [5.41, 5.74) is 2.25. The highest BCUT2D eigenvalue weighted by atomic mass is 35.5. The Morgan fingerprint density at radius 2 is 1.63 bits per heavy atom. The molecule has 1 fully saturated rings. The highest BCUT2D eigenvalue weighted by Crippen LogP contribution is 2.29. The molecule has 0 unspecified atom stereocenters. The van der Waals surface area contributed by atoms with Crippen LogP contribution < -0.4 is 9.62 Å². The molecule has 0 saturated heterocycles. The molecule has 7 nitrogen and oxygen atoms in total. The van der Waals surface area contributed by atoms with Crippen LogP contribution in [-0.2, 0) is 32.6 Å². The Labute approximate surface area is 246 Å². The van der Waals surface area contributed by atoms with Crippen LogP contribution >= 0.6 is 11.6 Å². The molecule has 0 aliphatic heterocycles. The third-order valence-corrected chi connectivity index (χ3v) is 8.96. The number of carbonyl (C=O) groups excluding carboxylic acids is 2. The Hall–Kier alpha value is -3.43. The molecule has 0 aromatic heterocycles. The fourth-order valence-electron chi connectivity index (χ4n) is 5.17. The summed E-state index contributed by atoms with van der Waals surface area (Å²) in [7, 11) is -3.91. The first-order valence-electron chi connectivity index (χ1n) is 13.6. The molecule has 1 atom stereocenters. The van der Waals surface area contributed by atoms with Gasteiger partial charge in [-0.3, -0.25) is 13.9 Å². The van der Waals surface area contributed by atoms with Crippen LogP contribution in [0, 0.1) is 12.7 Å². The molecule has 218 valence electrons. The van der Waals surface area contributed by atoms with Gasteiger partial charge in [-0.1, -0.05) is 73.0 Å². The van der Waals surface area contributed by atoms with Crippen molar-refractivity contribution in [3.8, 4) is 0 Å². The number of halogens is 2. The first kappa shape index (κ1) is 30.5. The van der Waals surface area contributed by atoms with Gasteiger partial charge in [0.1, 0.15) is 18.4 Å². The summed E-state index contributed by atoms with van der Waals surface area (Å²) in [5.74, 6) is -1.30. The fraction of sp³-hybridized carbons (Fsp3) is 0.355. The van der Waals surface area contributed by atoms with E-state index in [9.17, 15) is 22.4 Å². The first-order chi connectivity index (χ1) is 19.5. The standard InChI is InChI=1S/C31H35ClFN3O4S/c1-22-27(32)13-8-14-28(22)36(41(2,39)40)21-30(37)35(20-24-15-17-25(33)18-16-24)29(19-23-9-4-3-5-10-23)31(38)34-26-11-6-7-12-26/h3-5,8-10,13-18,26,29H,6-7,11-12,19-21H2,1-2H3,(H,34,38)/t29-/m0/s1. The Balaban J connectivity index is 1.74. The zero-order chi connectivity index (χ0) is 29.6. The second-order valence-electron chi connectivity index (χ2n) is 10.5. The van der Waals surface area contributed by atoms with Crippen LogP contribution in [-0.4, -0.2) is 50.0 Å². The SMILES string of the molecule is Cc1c(Cl)cccc1N(CC(=O)N(Cc1ccc(F)cc1)[C@@H](Cc1ccccc1)C(=O)NC1CCCC1)S(C)(=O)=O. The Kier molecular flexibility index (Phi) is 10.0. The van der Waals surface area contributed by atoms with Crippen molar-refractivity contribution in [2.45, 2.75) is 57.7 Å². The number of carbonyl (C=O) groups is 2. The number of hydrogen-bond acceptors (Lipinski definition) is 4. The van der Waals surface area contributed by atoms with Gasteiger partial charge in [0.05, 0.1) is 11.9 Å². The largest absolute Gasteiger partial charge is 0.352 e. The van der Waals surface area contributed by atoms with E-state index in [2.05, 4.69) is 5.32 Å². The van der Waals surface area contributed by atoms with Gasteiger partial charge < -0.3 is 10.2 Å². The van der Waals surface area contributed by atoms with Crippen molar-refractivity contribution >= 4 is 39.1 Å². The fourth-order valence-corrected chi connectivity index (χ4v) is 6.24. The van der Waals surface area contributed by atoms with Crippen LogP contribution in [0.4, 0.5) is 10.1 Å². The molecule has 3 aromatic carbocycles. The van der Waals surface area contributed by atoms with Gasteiger partial charge >= 0.3 is 0 Å². The van der Waals surface area contributed by atoms with Gasteiger partial charge in [-0.2, -0.15) is 0 Å². The van der Waals surface area contributed by atoms with E-state index in [1.54, 1.807) is 37.3 Å². The Bertz CT molecular complexity index is 1460. The van der Waals surface area contributed by atoms with Crippen molar-refractivity contribution in [2.24, 2.45) is 0 Å². The number of rotatable bonds is 11. The molecule has 1 aliphatic carbocycles. The molecular weight excluding hydrogens is 565 g/mol. The predicted molar refractivity (Wildman–Crippen MR) is 160 cm³/mol. The lowest BCUT2D eigenvalue weighted by atomic mass is 10.0. The maximum atomic E-state index is 14.1. The number of nitrogens with one attached hydrogen (secondary N) is 1. The molecule has 3 aromatic rings. The molecule has 41 heavy (non-hydrogen) atoms. The number of amides is 2. The number of benzene rings is 3. The van der Waals surface area contributed by atoms with Gasteiger partial charge in [0.2, 0.25) is 21.8 Å². The van der Waals surface area contributed by atoms with Gasteiger partial charge in [0, 0.05) is 24.0 Å². The second kappa shape index (κ2) is 13.5. The topological polar surface area (TPSA) is 86.8 Å². The van der Waals surface area contributed by atoms with Gasteiger partial charge in [0.25, 0.3) is 0 Å². The third kappa shape index (κ3) is 8.07. The van der Waals surface area contributed by atoms with Crippen molar-refractivity contribution in [2.75, 3.05) is 17.1 Å². The maximum absolute atomic E-state index is 14.1. The van der Waals surface area contributed by atoms with Crippen LogP contribution in [0.2, 0.25) is 5.02 Å². The minimum atomic E-state index is -3.91. The molecule has 0 bridgehead atoms. The lowest BCUT2D eigenvalue weighted by Crippen LogP contribution is -2.54. The van der Waals surface area contributed by atoms with E-state index in [1.165, 1.54) is 17.0 Å². The molecule has 4 rings (SSSR count). The van der Waals surface area contributed by atoms with Gasteiger partial charge in [-0.05, 0) is 60.7 Å². The van der Waals surface area contributed by atoms with E-state index in [0.29, 0.717) is 16.1 Å². The van der Waals surface area contributed by atoms with Crippen LogP contribution in [0.25, 0.3) is 0 Å². The summed E-state index contributed by atoms with van der Waals surface area (Å²) < 4.78 is 40.7.